The maximum absolute atomic E-state index is 2.80. The molecular formula is C23H36Cl2N2. The Bertz CT molecular complexity index is 581. The average molecular weight is 411 g/mol. The van der Waals surface area contributed by atoms with E-state index in [9.17, 15) is 0 Å². The fourth-order valence-corrected chi connectivity index (χ4v) is 5.81. The summed E-state index contributed by atoms with van der Waals surface area (Å²) in [6, 6.07) is 9.79. The molecule has 2 saturated carbocycles. The maximum atomic E-state index is 2.80. The number of fused-ring (bicyclic) bond motifs is 1. The van der Waals surface area contributed by atoms with Crippen LogP contribution in [0.3, 0.4) is 0 Å². The fourth-order valence-electron chi connectivity index (χ4n) is 5.81. The van der Waals surface area contributed by atoms with Crippen LogP contribution in [0.15, 0.2) is 24.3 Å². The Morgan fingerprint density at radius 1 is 0.815 bits per heavy atom. The molecule has 4 fully saturated rings. The predicted octanol–water partition coefficient (Wildman–Crippen LogP) is 5.00. The van der Waals surface area contributed by atoms with E-state index in [2.05, 4.69) is 34.1 Å². The van der Waals surface area contributed by atoms with Crippen LogP contribution in [0.25, 0.3) is 0 Å². The van der Waals surface area contributed by atoms with E-state index < -0.39 is 0 Å². The molecule has 0 radical (unpaired) electrons. The van der Waals surface area contributed by atoms with E-state index in [-0.39, 0.29) is 24.8 Å². The highest BCUT2D eigenvalue weighted by atomic mass is 35.5. The van der Waals surface area contributed by atoms with Gasteiger partial charge in [-0.15, -0.1) is 24.8 Å². The van der Waals surface area contributed by atoms with Crippen LogP contribution in [-0.2, 0) is 6.42 Å². The van der Waals surface area contributed by atoms with E-state index in [1.807, 2.05) is 0 Å². The smallest absolute Gasteiger partial charge is 0.00218 e. The molecule has 0 spiro atoms. The first-order chi connectivity index (χ1) is 12.3. The third kappa shape index (κ3) is 5.01. The first-order valence-electron chi connectivity index (χ1n) is 10.9. The first kappa shape index (κ1) is 21.4. The lowest BCUT2D eigenvalue weighted by molar-refractivity contribution is 0.294. The van der Waals surface area contributed by atoms with Crippen molar-refractivity contribution in [1.82, 2.24) is 9.80 Å². The second kappa shape index (κ2) is 9.48. The Morgan fingerprint density at radius 2 is 1.56 bits per heavy atom. The summed E-state index contributed by atoms with van der Waals surface area (Å²) in [6.07, 6.45) is 9.92. The van der Waals surface area contributed by atoms with Crippen molar-refractivity contribution in [3.63, 3.8) is 0 Å². The van der Waals surface area contributed by atoms with Gasteiger partial charge < -0.3 is 9.80 Å². The molecule has 2 saturated heterocycles. The lowest BCUT2D eigenvalue weighted by Gasteiger charge is -2.21. The molecule has 0 aromatic heterocycles. The van der Waals surface area contributed by atoms with Gasteiger partial charge in [0.1, 0.15) is 0 Å². The predicted molar refractivity (Wildman–Crippen MR) is 118 cm³/mol. The monoisotopic (exact) mass is 410 g/mol. The molecule has 152 valence electrons. The summed E-state index contributed by atoms with van der Waals surface area (Å²) in [7, 11) is 0. The SMILES string of the molecule is Cl.Cl.c1cc(C2CCC3CN(CC4CC4)CC32)ccc1CCN1CCCC1. The van der Waals surface area contributed by atoms with Gasteiger partial charge in [0.2, 0.25) is 0 Å². The normalized spacial score (nSPS) is 30.7. The molecule has 3 atom stereocenters. The molecule has 3 unspecified atom stereocenters. The van der Waals surface area contributed by atoms with Crippen molar-refractivity contribution in [1.29, 1.82) is 0 Å². The minimum Gasteiger partial charge on any atom is -0.303 e. The summed E-state index contributed by atoms with van der Waals surface area (Å²) in [6.45, 7) is 8.06. The van der Waals surface area contributed by atoms with Crippen LogP contribution in [0, 0.1) is 17.8 Å². The summed E-state index contributed by atoms with van der Waals surface area (Å²) >= 11 is 0. The van der Waals surface area contributed by atoms with Gasteiger partial charge in [-0.25, -0.2) is 0 Å². The van der Waals surface area contributed by atoms with E-state index in [0.29, 0.717) is 0 Å². The zero-order valence-electron chi connectivity index (χ0n) is 16.5. The van der Waals surface area contributed by atoms with Crippen molar-refractivity contribution in [2.24, 2.45) is 17.8 Å². The molecule has 1 aromatic rings. The number of nitrogens with zero attached hydrogens (tertiary/aromatic N) is 2. The van der Waals surface area contributed by atoms with Gasteiger partial charge in [0.05, 0.1) is 0 Å². The van der Waals surface area contributed by atoms with E-state index in [4.69, 9.17) is 0 Å². The number of benzene rings is 1. The van der Waals surface area contributed by atoms with Gasteiger partial charge in [0, 0.05) is 26.2 Å². The molecule has 1 aromatic carbocycles. The molecule has 0 N–H and O–H groups in total. The largest absolute Gasteiger partial charge is 0.303 e. The Hall–Kier alpha value is -0.280. The standard InChI is InChI=1S/C23H34N2.2ClH/c1-2-13-24(12-1)14-11-18-5-7-20(8-6-18)22-10-9-21-16-25(17-23(21)22)15-19-3-4-19;;/h5-8,19,21-23H,1-4,9-17H2;2*1H. The van der Waals surface area contributed by atoms with Gasteiger partial charge >= 0.3 is 0 Å². The number of hydrogen-bond donors (Lipinski definition) is 0. The Balaban J connectivity index is 0.00000105. The number of likely N-dealkylation sites (tertiary alicyclic amines) is 2. The van der Waals surface area contributed by atoms with Gasteiger partial charge in [0.25, 0.3) is 0 Å². The van der Waals surface area contributed by atoms with Gasteiger partial charge in [-0.3, -0.25) is 0 Å². The maximum Gasteiger partial charge on any atom is 0.00218 e. The highest BCUT2D eigenvalue weighted by molar-refractivity contribution is 5.85. The lowest BCUT2D eigenvalue weighted by Crippen LogP contribution is -2.25. The van der Waals surface area contributed by atoms with Gasteiger partial charge in [-0.05, 0) is 92.8 Å². The van der Waals surface area contributed by atoms with E-state index in [0.717, 1.165) is 23.7 Å². The van der Waals surface area contributed by atoms with Gasteiger partial charge in [0.15, 0.2) is 0 Å². The number of halogens is 2. The molecule has 2 heterocycles. The quantitative estimate of drug-likeness (QED) is 0.650. The zero-order valence-corrected chi connectivity index (χ0v) is 18.2. The first-order valence-corrected chi connectivity index (χ1v) is 10.9. The average Bonchev–Trinajstić information content (AvgIpc) is 3.01. The van der Waals surface area contributed by atoms with Gasteiger partial charge in [-0.1, -0.05) is 24.3 Å². The van der Waals surface area contributed by atoms with Crippen molar-refractivity contribution in [3.05, 3.63) is 35.4 Å². The van der Waals surface area contributed by atoms with Crippen molar-refractivity contribution < 1.29 is 0 Å². The Kier molecular flexibility index (Phi) is 7.52. The lowest BCUT2D eigenvalue weighted by atomic mass is 9.86. The van der Waals surface area contributed by atoms with Crippen LogP contribution in [-0.4, -0.2) is 49.1 Å². The summed E-state index contributed by atoms with van der Waals surface area (Å²) in [5, 5.41) is 0. The van der Waals surface area contributed by atoms with Crippen LogP contribution in [0.5, 0.6) is 0 Å². The third-order valence-corrected chi connectivity index (χ3v) is 7.47. The molecule has 0 bridgehead atoms. The molecule has 4 aliphatic rings. The highest BCUT2D eigenvalue weighted by Gasteiger charge is 2.43. The molecular weight excluding hydrogens is 375 g/mol. The minimum atomic E-state index is 0. The molecule has 4 heteroatoms. The fraction of sp³-hybridized carbons (Fsp3) is 0.739. The summed E-state index contributed by atoms with van der Waals surface area (Å²) < 4.78 is 0. The summed E-state index contributed by atoms with van der Waals surface area (Å²) in [5.41, 5.74) is 3.16. The minimum absolute atomic E-state index is 0. The number of rotatable bonds is 6. The van der Waals surface area contributed by atoms with E-state index in [1.165, 1.54) is 89.8 Å². The van der Waals surface area contributed by atoms with Crippen molar-refractivity contribution >= 4 is 24.8 Å². The Labute approximate surface area is 177 Å². The summed E-state index contributed by atoms with van der Waals surface area (Å²) in [5.74, 6) is 3.81. The van der Waals surface area contributed by atoms with Crippen LogP contribution in [0.1, 0.15) is 55.6 Å². The van der Waals surface area contributed by atoms with Crippen LogP contribution < -0.4 is 0 Å². The molecule has 2 aliphatic heterocycles. The van der Waals surface area contributed by atoms with Gasteiger partial charge in [-0.2, -0.15) is 0 Å². The highest BCUT2D eigenvalue weighted by Crippen LogP contribution is 2.48. The molecule has 0 amide bonds. The Morgan fingerprint density at radius 3 is 2.26 bits per heavy atom. The molecule has 2 nitrogen and oxygen atoms in total. The van der Waals surface area contributed by atoms with E-state index in [1.54, 1.807) is 5.56 Å². The topological polar surface area (TPSA) is 6.48 Å². The second-order valence-corrected chi connectivity index (χ2v) is 9.31. The van der Waals surface area contributed by atoms with Crippen LogP contribution in [0.2, 0.25) is 0 Å². The second-order valence-electron chi connectivity index (χ2n) is 9.31. The van der Waals surface area contributed by atoms with Crippen molar-refractivity contribution in [2.75, 3.05) is 39.3 Å². The zero-order chi connectivity index (χ0) is 16.6. The van der Waals surface area contributed by atoms with E-state index >= 15 is 0 Å². The van der Waals surface area contributed by atoms with Crippen LogP contribution >= 0.6 is 24.8 Å². The third-order valence-electron chi connectivity index (χ3n) is 7.47. The molecule has 2 aliphatic carbocycles. The number of hydrogen-bond acceptors (Lipinski definition) is 2. The molecule has 5 rings (SSSR count). The van der Waals surface area contributed by atoms with Crippen LogP contribution in [0.4, 0.5) is 0 Å². The molecule has 27 heavy (non-hydrogen) atoms. The van der Waals surface area contributed by atoms with Crippen molar-refractivity contribution in [2.45, 2.75) is 50.9 Å². The summed E-state index contributed by atoms with van der Waals surface area (Å²) in [4.78, 5) is 5.42. The van der Waals surface area contributed by atoms with Crippen molar-refractivity contribution in [3.8, 4) is 0 Å².